The average molecular weight is 370 g/mol. The van der Waals surface area contributed by atoms with E-state index in [1.807, 2.05) is 24.3 Å². The smallest absolute Gasteiger partial charge is 0.309 e. The molecule has 1 N–H and O–H groups in total. The van der Waals surface area contributed by atoms with Crippen LogP contribution < -0.4 is 18.9 Å². The number of aromatic nitrogens is 2. The lowest BCUT2D eigenvalue weighted by Gasteiger charge is -2.16. The standard InChI is InChI=1S/C19H18N2O6/c1-24-15-8-11(10-20-14(15)9-16(22)23)27-17-12-6-4-5-7-13(12)21-19(26-3)18(17)25-2/h4-8,10H,9H2,1-3H3,(H,22,23). The summed E-state index contributed by atoms with van der Waals surface area (Å²) in [6, 6.07) is 8.97. The molecule has 0 atom stereocenters. The van der Waals surface area contributed by atoms with E-state index in [1.54, 1.807) is 6.07 Å². The fourth-order valence-electron chi connectivity index (χ4n) is 2.64. The summed E-state index contributed by atoms with van der Waals surface area (Å²) in [5.41, 5.74) is 0.981. The van der Waals surface area contributed by atoms with Crippen LogP contribution in [0.4, 0.5) is 0 Å². The van der Waals surface area contributed by atoms with Crippen LogP contribution >= 0.6 is 0 Å². The number of nitrogens with zero attached hydrogens (tertiary/aromatic N) is 2. The fraction of sp³-hybridized carbons (Fsp3) is 0.211. The third kappa shape index (κ3) is 3.69. The quantitative estimate of drug-likeness (QED) is 0.677. The highest BCUT2D eigenvalue weighted by Gasteiger charge is 2.20. The number of ether oxygens (including phenoxy) is 4. The Hall–Kier alpha value is -3.55. The van der Waals surface area contributed by atoms with E-state index in [4.69, 9.17) is 24.1 Å². The number of methoxy groups -OCH3 is 3. The summed E-state index contributed by atoms with van der Waals surface area (Å²) in [5, 5.41) is 9.70. The second kappa shape index (κ2) is 7.77. The number of rotatable bonds is 7. The van der Waals surface area contributed by atoms with Crippen molar-refractivity contribution in [3.05, 3.63) is 42.2 Å². The number of benzene rings is 1. The molecule has 0 aliphatic rings. The topological polar surface area (TPSA) is 100 Å². The molecule has 8 heteroatoms. The van der Waals surface area contributed by atoms with Gasteiger partial charge in [-0.15, -0.1) is 0 Å². The van der Waals surface area contributed by atoms with E-state index in [0.717, 1.165) is 5.39 Å². The molecule has 0 bridgehead atoms. The van der Waals surface area contributed by atoms with E-state index < -0.39 is 5.97 Å². The molecule has 0 fully saturated rings. The molecule has 0 saturated heterocycles. The molecule has 0 aliphatic carbocycles. The van der Waals surface area contributed by atoms with Crippen molar-refractivity contribution in [3.63, 3.8) is 0 Å². The maximum absolute atomic E-state index is 10.9. The Morgan fingerprint density at radius 3 is 2.52 bits per heavy atom. The molecule has 3 aromatic rings. The summed E-state index contributed by atoms with van der Waals surface area (Å²) in [7, 11) is 4.43. The molecular weight excluding hydrogens is 352 g/mol. The lowest BCUT2D eigenvalue weighted by atomic mass is 10.2. The summed E-state index contributed by atoms with van der Waals surface area (Å²) in [6.45, 7) is 0. The highest BCUT2D eigenvalue weighted by Crippen LogP contribution is 2.43. The Morgan fingerprint density at radius 2 is 1.85 bits per heavy atom. The van der Waals surface area contributed by atoms with Crippen molar-refractivity contribution in [2.75, 3.05) is 21.3 Å². The van der Waals surface area contributed by atoms with Gasteiger partial charge in [0.1, 0.15) is 11.5 Å². The third-order valence-electron chi connectivity index (χ3n) is 3.83. The third-order valence-corrected chi connectivity index (χ3v) is 3.83. The van der Waals surface area contributed by atoms with Crippen molar-refractivity contribution in [2.45, 2.75) is 6.42 Å². The van der Waals surface area contributed by atoms with Gasteiger partial charge in [-0.3, -0.25) is 9.78 Å². The zero-order valence-corrected chi connectivity index (χ0v) is 15.1. The fourth-order valence-corrected chi connectivity index (χ4v) is 2.64. The molecule has 0 spiro atoms. The van der Waals surface area contributed by atoms with E-state index >= 15 is 0 Å². The highest BCUT2D eigenvalue weighted by atomic mass is 16.5. The first kappa shape index (κ1) is 18.2. The predicted octanol–water partition coefficient (Wildman–Crippen LogP) is 3.08. The SMILES string of the molecule is COc1cc(Oc2c(OC)c(OC)nc3ccccc23)cnc1CC(=O)O. The van der Waals surface area contributed by atoms with E-state index in [-0.39, 0.29) is 12.3 Å². The lowest BCUT2D eigenvalue weighted by Crippen LogP contribution is -2.05. The first-order chi connectivity index (χ1) is 13.1. The Morgan fingerprint density at radius 1 is 1.07 bits per heavy atom. The summed E-state index contributed by atoms with van der Waals surface area (Å²) < 4.78 is 22.0. The Balaban J connectivity index is 2.09. The average Bonchev–Trinajstić information content (AvgIpc) is 2.68. The normalized spacial score (nSPS) is 10.5. The summed E-state index contributed by atoms with van der Waals surface area (Å²) >= 11 is 0. The Labute approximate surface area is 155 Å². The second-order valence-corrected chi connectivity index (χ2v) is 5.49. The number of pyridine rings is 2. The molecule has 0 unspecified atom stereocenters. The van der Waals surface area contributed by atoms with Crippen LogP contribution in [0.3, 0.4) is 0 Å². The first-order valence-electron chi connectivity index (χ1n) is 8.00. The molecule has 0 saturated carbocycles. The van der Waals surface area contributed by atoms with E-state index in [2.05, 4.69) is 9.97 Å². The van der Waals surface area contributed by atoms with Crippen LogP contribution in [0.5, 0.6) is 28.9 Å². The van der Waals surface area contributed by atoms with Crippen LogP contribution in [0.25, 0.3) is 10.9 Å². The minimum atomic E-state index is -0.999. The number of para-hydroxylation sites is 1. The molecule has 2 aromatic heterocycles. The van der Waals surface area contributed by atoms with Crippen LogP contribution in [-0.4, -0.2) is 42.4 Å². The molecule has 0 amide bonds. The van der Waals surface area contributed by atoms with Crippen molar-refractivity contribution >= 4 is 16.9 Å². The van der Waals surface area contributed by atoms with Crippen molar-refractivity contribution in [2.24, 2.45) is 0 Å². The van der Waals surface area contributed by atoms with Gasteiger partial charge < -0.3 is 24.1 Å². The number of carboxylic acid groups (broad SMARTS) is 1. The number of carboxylic acids is 1. The van der Waals surface area contributed by atoms with Gasteiger partial charge in [0, 0.05) is 11.5 Å². The first-order valence-corrected chi connectivity index (χ1v) is 8.00. The number of hydrogen-bond acceptors (Lipinski definition) is 7. The summed E-state index contributed by atoms with van der Waals surface area (Å²) in [6.07, 6.45) is 1.18. The molecule has 2 heterocycles. The van der Waals surface area contributed by atoms with E-state index in [9.17, 15) is 4.79 Å². The van der Waals surface area contributed by atoms with Crippen LogP contribution in [-0.2, 0) is 11.2 Å². The van der Waals surface area contributed by atoms with Gasteiger partial charge >= 0.3 is 5.97 Å². The zero-order chi connectivity index (χ0) is 19.4. The van der Waals surface area contributed by atoms with Crippen LogP contribution in [0.1, 0.15) is 5.69 Å². The Bertz CT molecular complexity index is 989. The van der Waals surface area contributed by atoms with Gasteiger partial charge in [0.2, 0.25) is 5.75 Å². The van der Waals surface area contributed by atoms with Gasteiger partial charge in [-0.1, -0.05) is 12.1 Å². The largest absolute Gasteiger partial charge is 0.495 e. The second-order valence-electron chi connectivity index (χ2n) is 5.49. The summed E-state index contributed by atoms with van der Waals surface area (Å²) in [5.74, 6) is 0.714. The maximum Gasteiger partial charge on any atom is 0.309 e. The van der Waals surface area contributed by atoms with Gasteiger partial charge in [0.25, 0.3) is 5.88 Å². The number of hydrogen-bond donors (Lipinski definition) is 1. The predicted molar refractivity (Wildman–Crippen MR) is 97.0 cm³/mol. The van der Waals surface area contributed by atoms with Crippen molar-refractivity contribution < 1.29 is 28.8 Å². The van der Waals surface area contributed by atoms with Crippen molar-refractivity contribution in [1.82, 2.24) is 9.97 Å². The molecular formula is C19H18N2O6. The number of carbonyl (C=O) groups is 1. The van der Waals surface area contributed by atoms with Crippen molar-refractivity contribution in [1.29, 1.82) is 0 Å². The van der Waals surface area contributed by atoms with E-state index in [1.165, 1.54) is 27.5 Å². The lowest BCUT2D eigenvalue weighted by molar-refractivity contribution is -0.136. The number of fused-ring (bicyclic) bond motifs is 1. The summed E-state index contributed by atoms with van der Waals surface area (Å²) in [4.78, 5) is 19.5. The maximum atomic E-state index is 10.9. The number of aliphatic carboxylic acids is 1. The van der Waals surface area contributed by atoms with Gasteiger partial charge in [-0.2, -0.15) is 0 Å². The van der Waals surface area contributed by atoms with Gasteiger partial charge in [-0.05, 0) is 12.1 Å². The van der Waals surface area contributed by atoms with Gasteiger partial charge in [0.15, 0.2) is 5.75 Å². The van der Waals surface area contributed by atoms with Gasteiger partial charge in [-0.25, -0.2) is 4.98 Å². The van der Waals surface area contributed by atoms with Crippen LogP contribution in [0, 0.1) is 0 Å². The molecule has 0 aliphatic heterocycles. The molecule has 8 nitrogen and oxygen atoms in total. The minimum Gasteiger partial charge on any atom is -0.495 e. The van der Waals surface area contributed by atoms with Crippen LogP contribution in [0.15, 0.2) is 36.5 Å². The van der Waals surface area contributed by atoms with E-state index in [0.29, 0.717) is 34.2 Å². The molecule has 0 radical (unpaired) electrons. The van der Waals surface area contributed by atoms with Crippen molar-refractivity contribution in [3.8, 4) is 28.9 Å². The highest BCUT2D eigenvalue weighted by molar-refractivity contribution is 5.89. The molecule has 3 rings (SSSR count). The minimum absolute atomic E-state index is 0.251. The molecule has 27 heavy (non-hydrogen) atoms. The monoisotopic (exact) mass is 370 g/mol. The van der Waals surface area contributed by atoms with Crippen LogP contribution in [0.2, 0.25) is 0 Å². The molecule has 1 aromatic carbocycles. The zero-order valence-electron chi connectivity index (χ0n) is 15.1. The Kier molecular flexibility index (Phi) is 5.25. The van der Waals surface area contributed by atoms with Gasteiger partial charge in [0.05, 0.1) is 45.2 Å². The molecule has 140 valence electrons.